The van der Waals surface area contributed by atoms with Crippen LogP contribution in [0, 0.1) is 16.7 Å². The van der Waals surface area contributed by atoms with Crippen LogP contribution in [0.2, 0.25) is 0 Å². The van der Waals surface area contributed by atoms with Gasteiger partial charge in [-0.2, -0.15) is 0 Å². The molecule has 42 heavy (non-hydrogen) atoms. The molecule has 1 heterocycles. The maximum atomic E-state index is 13.7. The fraction of sp³-hybridized carbons (Fsp3) is 0.645. The maximum Gasteiger partial charge on any atom is 0.338 e. The van der Waals surface area contributed by atoms with Gasteiger partial charge in [-0.3, -0.25) is 9.59 Å². The van der Waals surface area contributed by atoms with E-state index in [-0.39, 0.29) is 30.6 Å². The van der Waals surface area contributed by atoms with Crippen LogP contribution in [0.4, 0.5) is 0 Å². The largest absolute Gasteiger partial charge is 0.458 e. The summed E-state index contributed by atoms with van der Waals surface area (Å²) in [5, 5.41) is 48.4. The number of rotatable bonds is 4. The standard InChI is InChI=1S/C31H40O11/c1-15-19(40-16(2)32)13-31(38)26(41-27(37)18-10-8-7-9-11-18)24-29(6,25(36)23(35)22(15)28(31,4)5)20(34)12-21-30(24,14-39-21)42-17(3)33/h7-11,19-21,23-26,34-36,38H,12-14H2,1-6H3/t19?,20-,21?,23+,24?,25-,26?,29+,30-,31+/m0/s1. The summed E-state index contributed by atoms with van der Waals surface area (Å²) < 4.78 is 23.6. The van der Waals surface area contributed by atoms with E-state index in [9.17, 15) is 34.8 Å². The summed E-state index contributed by atoms with van der Waals surface area (Å²) >= 11 is 0. The smallest absolute Gasteiger partial charge is 0.338 e. The van der Waals surface area contributed by atoms with Crippen LogP contribution >= 0.6 is 0 Å². The first kappa shape index (κ1) is 30.6. The molecular formula is C31H40O11. The molecule has 1 aromatic rings. The highest BCUT2D eigenvalue weighted by Crippen LogP contribution is 2.65. The lowest BCUT2D eigenvalue weighted by molar-refractivity contribution is -0.365. The average molecular weight is 589 g/mol. The molecule has 0 radical (unpaired) electrons. The van der Waals surface area contributed by atoms with E-state index in [0.29, 0.717) is 5.57 Å². The second kappa shape index (κ2) is 10.1. The molecule has 2 bridgehead atoms. The fourth-order valence-electron chi connectivity index (χ4n) is 8.20. The van der Waals surface area contributed by atoms with E-state index in [1.54, 1.807) is 51.1 Å². The molecule has 1 aliphatic heterocycles. The van der Waals surface area contributed by atoms with Gasteiger partial charge in [0.15, 0.2) is 5.60 Å². The first-order valence-electron chi connectivity index (χ1n) is 14.2. The number of ether oxygens (including phenoxy) is 4. The maximum absolute atomic E-state index is 13.7. The minimum atomic E-state index is -2.07. The highest BCUT2D eigenvalue weighted by Gasteiger charge is 2.77. The van der Waals surface area contributed by atoms with Crippen LogP contribution in [0.1, 0.15) is 64.7 Å². The van der Waals surface area contributed by atoms with Gasteiger partial charge in [0.25, 0.3) is 0 Å². The highest BCUT2D eigenvalue weighted by atomic mass is 16.6. The molecule has 4 unspecified atom stereocenters. The van der Waals surface area contributed by atoms with Crippen molar-refractivity contribution in [2.75, 3.05) is 6.61 Å². The van der Waals surface area contributed by atoms with Gasteiger partial charge in [0.2, 0.25) is 0 Å². The van der Waals surface area contributed by atoms with Crippen molar-refractivity contribution in [2.24, 2.45) is 16.7 Å². The van der Waals surface area contributed by atoms with Crippen molar-refractivity contribution in [1.82, 2.24) is 0 Å². The lowest BCUT2D eigenvalue weighted by Crippen LogP contribution is -2.82. The number of aliphatic hydroxyl groups is 4. The van der Waals surface area contributed by atoms with Crippen LogP contribution in [0.5, 0.6) is 0 Å². The topological polar surface area (TPSA) is 169 Å². The van der Waals surface area contributed by atoms with Gasteiger partial charge in [0.1, 0.15) is 30.0 Å². The van der Waals surface area contributed by atoms with Crippen molar-refractivity contribution >= 4 is 17.9 Å². The summed E-state index contributed by atoms with van der Waals surface area (Å²) in [5.41, 5.74) is -5.83. The monoisotopic (exact) mass is 588 g/mol. The highest BCUT2D eigenvalue weighted by molar-refractivity contribution is 5.89. The molecule has 0 spiro atoms. The first-order valence-corrected chi connectivity index (χ1v) is 14.2. The Bertz CT molecular complexity index is 1310. The number of benzene rings is 1. The van der Waals surface area contributed by atoms with Crippen LogP contribution in [-0.4, -0.2) is 92.8 Å². The summed E-state index contributed by atoms with van der Waals surface area (Å²) in [7, 11) is 0. The van der Waals surface area contributed by atoms with E-state index in [1.807, 2.05) is 0 Å². The van der Waals surface area contributed by atoms with Gasteiger partial charge in [-0.05, 0) is 30.2 Å². The van der Waals surface area contributed by atoms with Gasteiger partial charge in [-0.15, -0.1) is 0 Å². The minimum absolute atomic E-state index is 0.0423. The molecule has 4 N–H and O–H groups in total. The number of aliphatic hydroxyl groups excluding tert-OH is 3. The number of carbonyl (C=O) groups excluding carboxylic acids is 3. The van der Waals surface area contributed by atoms with E-state index in [0.717, 1.165) is 0 Å². The second-order valence-corrected chi connectivity index (χ2v) is 13.0. The minimum Gasteiger partial charge on any atom is -0.458 e. The van der Waals surface area contributed by atoms with Crippen LogP contribution in [0.3, 0.4) is 0 Å². The third-order valence-corrected chi connectivity index (χ3v) is 10.5. The molecule has 10 atom stereocenters. The van der Waals surface area contributed by atoms with Crippen molar-refractivity contribution in [3.05, 3.63) is 47.0 Å². The Morgan fingerprint density at radius 1 is 0.976 bits per heavy atom. The molecule has 230 valence electrons. The van der Waals surface area contributed by atoms with Gasteiger partial charge >= 0.3 is 17.9 Å². The summed E-state index contributed by atoms with van der Waals surface area (Å²) in [6.07, 6.45) is -8.35. The Balaban J connectivity index is 1.82. The van der Waals surface area contributed by atoms with Crippen LogP contribution < -0.4 is 0 Å². The predicted molar refractivity (Wildman–Crippen MR) is 146 cm³/mol. The lowest BCUT2D eigenvalue weighted by Gasteiger charge is -2.69. The summed E-state index contributed by atoms with van der Waals surface area (Å²) in [6, 6.07) is 8.12. The van der Waals surface area contributed by atoms with Crippen molar-refractivity contribution in [3.8, 4) is 0 Å². The van der Waals surface area contributed by atoms with E-state index >= 15 is 0 Å². The second-order valence-electron chi connectivity index (χ2n) is 13.0. The van der Waals surface area contributed by atoms with Gasteiger partial charge in [0.05, 0.1) is 30.3 Å². The Morgan fingerprint density at radius 2 is 1.62 bits per heavy atom. The SMILES string of the molecule is CC(=O)OC1C[C@@]2(O)C(OC(=O)c3ccccc3)C3[C@]4(OC(C)=O)COC4C[C@H](O)[C@@]3(C)[C@@H](O)[C@H](O)C(=C1C)C2(C)C. The van der Waals surface area contributed by atoms with Crippen molar-refractivity contribution in [2.45, 2.75) is 102 Å². The number of fused-ring (bicyclic) bond motifs is 5. The number of esters is 3. The summed E-state index contributed by atoms with van der Waals surface area (Å²) in [6.45, 7) is 8.78. The van der Waals surface area contributed by atoms with E-state index in [1.165, 1.54) is 20.8 Å². The fourth-order valence-corrected chi connectivity index (χ4v) is 8.20. The normalized spacial score (nSPS) is 42.1. The van der Waals surface area contributed by atoms with Gasteiger partial charge in [-0.25, -0.2) is 4.79 Å². The van der Waals surface area contributed by atoms with Gasteiger partial charge in [0, 0.05) is 37.5 Å². The lowest BCUT2D eigenvalue weighted by atomic mass is 9.44. The molecule has 11 heteroatoms. The number of carbonyl (C=O) groups is 3. The van der Waals surface area contributed by atoms with Gasteiger partial charge < -0.3 is 39.4 Å². The molecule has 1 aromatic carbocycles. The molecular weight excluding hydrogens is 548 g/mol. The molecule has 2 saturated carbocycles. The molecule has 4 aliphatic rings. The third kappa shape index (κ3) is 4.16. The third-order valence-electron chi connectivity index (χ3n) is 10.5. The molecule has 0 aromatic heterocycles. The summed E-state index contributed by atoms with van der Waals surface area (Å²) in [5.74, 6) is -3.37. The Labute approximate surface area is 244 Å². The zero-order valence-corrected chi connectivity index (χ0v) is 24.7. The predicted octanol–water partition coefficient (Wildman–Crippen LogP) is 1.44. The average Bonchev–Trinajstić information content (AvgIpc) is 2.90. The molecule has 5 rings (SSSR count). The molecule has 0 amide bonds. The van der Waals surface area contributed by atoms with Crippen LogP contribution in [0.15, 0.2) is 41.5 Å². The van der Waals surface area contributed by atoms with Gasteiger partial charge in [-0.1, -0.05) is 39.0 Å². The van der Waals surface area contributed by atoms with E-state index in [2.05, 4.69) is 0 Å². The van der Waals surface area contributed by atoms with E-state index in [4.69, 9.17) is 18.9 Å². The zero-order valence-electron chi connectivity index (χ0n) is 24.7. The first-order chi connectivity index (χ1) is 19.5. The van der Waals surface area contributed by atoms with Crippen molar-refractivity contribution in [1.29, 1.82) is 0 Å². The van der Waals surface area contributed by atoms with Crippen LogP contribution in [-0.2, 0) is 28.5 Å². The Hall–Kier alpha value is -2.83. The summed E-state index contributed by atoms with van der Waals surface area (Å²) in [4.78, 5) is 38.5. The Kier molecular flexibility index (Phi) is 7.38. The van der Waals surface area contributed by atoms with Crippen molar-refractivity contribution < 1.29 is 53.8 Å². The van der Waals surface area contributed by atoms with Crippen molar-refractivity contribution in [3.63, 3.8) is 0 Å². The molecule has 11 nitrogen and oxygen atoms in total. The van der Waals surface area contributed by atoms with Crippen LogP contribution in [0.25, 0.3) is 0 Å². The molecule has 1 saturated heterocycles. The zero-order chi connectivity index (χ0) is 31.0. The molecule has 3 aliphatic carbocycles. The number of hydrogen-bond acceptors (Lipinski definition) is 11. The quantitative estimate of drug-likeness (QED) is 0.228. The Morgan fingerprint density at radius 3 is 2.17 bits per heavy atom. The van der Waals surface area contributed by atoms with E-state index < -0.39 is 82.5 Å². The number of hydrogen-bond donors (Lipinski definition) is 4. The molecule has 3 fully saturated rings.